The van der Waals surface area contributed by atoms with Crippen molar-refractivity contribution in [3.8, 4) is 0 Å². The maximum atomic E-state index is 11.4. The van der Waals surface area contributed by atoms with E-state index in [1.165, 1.54) is 0 Å². The molecule has 2 aromatic heterocycles. The number of primary amides is 1. The summed E-state index contributed by atoms with van der Waals surface area (Å²) in [6.07, 6.45) is 0. The molecule has 0 aliphatic heterocycles. The molecule has 6 nitrogen and oxygen atoms in total. The van der Waals surface area contributed by atoms with Gasteiger partial charge in [0.25, 0.3) is 5.91 Å². The third kappa shape index (κ3) is 4.23. The lowest BCUT2D eigenvalue weighted by atomic mass is 10.2. The monoisotopic (exact) mass is 379 g/mol. The van der Waals surface area contributed by atoms with Gasteiger partial charge in [0, 0.05) is 10.8 Å². The second-order valence-electron chi connectivity index (χ2n) is 6.39. The molecule has 0 fully saturated rings. The van der Waals surface area contributed by atoms with E-state index in [2.05, 4.69) is 0 Å². The minimum atomic E-state index is -0.533. The predicted octanol–water partition coefficient (Wildman–Crippen LogP) is 4.76. The summed E-state index contributed by atoms with van der Waals surface area (Å²) in [5, 5.41) is 1.84. The lowest BCUT2D eigenvalue weighted by Crippen LogP contribution is -2.08. The summed E-state index contributed by atoms with van der Waals surface area (Å²) in [7, 11) is 0. The van der Waals surface area contributed by atoms with E-state index in [-0.39, 0.29) is 11.5 Å². The van der Waals surface area contributed by atoms with Crippen LogP contribution in [-0.4, -0.2) is 18.5 Å². The number of rotatable bonds is 3. The van der Waals surface area contributed by atoms with Crippen molar-refractivity contribution >= 4 is 33.8 Å². The van der Waals surface area contributed by atoms with Gasteiger partial charge in [-0.25, -0.2) is 4.79 Å². The zero-order valence-electron chi connectivity index (χ0n) is 15.9. The van der Waals surface area contributed by atoms with E-state index < -0.39 is 11.9 Å². The molecule has 2 heterocycles. The minimum absolute atomic E-state index is 0.209. The number of aryl methyl sites for hydroxylation is 2. The third-order valence-electron chi connectivity index (χ3n) is 4.06. The van der Waals surface area contributed by atoms with Gasteiger partial charge in [-0.1, -0.05) is 23.3 Å². The molecule has 0 atom stereocenters. The molecular weight excluding hydrogens is 358 g/mol. The first-order valence-electron chi connectivity index (χ1n) is 8.84. The van der Waals surface area contributed by atoms with Crippen molar-refractivity contribution < 1.29 is 23.2 Å². The molecule has 0 saturated heterocycles. The van der Waals surface area contributed by atoms with Gasteiger partial charge in [0.1, 0.15) is 11.2 Å². The molecule has 0 bridgehead atoms. The van der Waals surface area contributed by atoms with E-state index in [0.29, 0.717) is 17.8 Å². The van der Waals surface area contributed by atoms with Crippen LogP contribution >= 0.6 is 0 Å². The van der Waals surface area contributed by atoms with E-state index in [1.807, 2.05) is 50.2 Å². The molecule has 4 aromatic rings. The van der Waals surface area contributed by atoms with Crippen molar-refractivity contribution in [2.75, 3.05) is 6.61 Å². The van der Waals surface area contributed by atoms with Crippen LogP contribution in [0, 0.1) is 13.8 Å². The molecule has 28 heavy (non-hydrogen) atoms. The fourth-order valence-electron chi connectivity index (χ4n) is 2.75. The lowest BCUT2D eigenvalue weighted by Gasteiger charge is -1.95. The number of hydrogen-bond donors (Lipinski definition) is 1. The number of amides is 1. The molecule has 0 saturated carbocycles. The van der Waals surface area contributed by atoms with Crippen molar-refractivity contribution in [3.63, 3.8) is 0 Å². The first kappa shape index (κ1) is 19.2. The van der Waals surface area contributed by atoms with Crippen LogP contribution in [0.1, 0.15) is 39.2 Å². The summed E-state index contributed by atoms with van der Waals surface area (Å²) in [6, 6.07) is 14.8. The Labute approximate surface area is 161 Å². The van der Waals surface area contributed by atoms with Crippen molar-refractivity contribution in [2.45, 2.75) is 20.8 Å². The van der Waals surface area contributed by atoms with Crippen molar-refractivity contribution in [2.24, 2.45) is 5.73 Å². The largest absolute Gasteiger partial charge is 0.460 e. The molecule has 6 heteroatoms. The average molecular weight is 379 g/mol. The van der Waals surface area contributed by atoms with Gasteiger partial charge in [0.15, 0.2) is 5.76 Å². The highest BCUT2D eigenvalue weighted by Gasteiger charge is 2.12. The summed E-state index contributed by atoms with van der Waals surface area (Å²) in [5.41, 5.74) is 8.76. The quantitative estimate of drug-likeness (QED) is 0.518. The predicted molar refractivity (Wildman–Crippen MR) is 106 cm³/mol. The van der Waals surface area contributed by atoms with Gasteiger partial charge < -0.3 is 19.3 Å². The normalized spacial score (nSPS) is 10.5. The number of benzene rings is 2. The molecule has 144 valence electrons. The van der Waals surface area contributed by atoms with Crippen LogP contribution in [0.25, 0.3) is 21.9 Å². The fourth-order valence-corrected chi connectivity index (χ4v) is 2.75. The van der Waals surface area contributed by atoms with Gasteiger partial charge in [0.2, 0.25) is 5.76 Å². The number of nitrogens with two attached hydrogens (primary N) is 1. The van der Waals surface area contributed by atoms with E-state index in [4.69, 9.17) is 19.3 Å². The van der Waals surface area contributed by atoms with Gasteiger partial charge >= 0.3 is 5.97 Å². The first-order chi connectivity index (χ1) is 13.4. The van der Waals surface area contributed by atoms with Gasteiger partial charge in [-0.2, -0.15) is 0 Å². The number of fused-ring (bicyclic) bond motifs is 2. The minimum Gasteiger partial charge on any atom is -0.460 e. The van der Waals surface area contributed by atoms with Crippen LogP contribution in [0.2, 0.25) is 0 Å². The maximum Gasteiger partial charge on any atom is 0.374 e. The first-order valence-corrected chi connectivity index (χ1v) is 8.84. The summed E-state index contributed by atoms with van der Waals surface area (Å²) in [5.74, 6) is -0.474. The number of carbonyl (C=O) groups excluding carboxylic acids is 2. The van der Waals surface area contributed by atoms with E-state index in [0.717, 1.165) is 21.9 Å². The van der Waals surface area contributed by atoms with E-state index in [9.17, 15) is 9.59 Å². The van der Waals surface area contributed by atoms with Gasteiger partial charge in [-0.05, 0) is 57.2 Å². The Morgan fingerprint density at radius 1 is 0.857 bits per heavy atom. The van der Waals surface area contributed by atoms with Gasteiger partial charge in [-0.15, -0.1) is 0 Å². The zero-order valence-corrected chi connectivity index (χ0v) is 15.9. The zero-order chi connectivity index (χ0) is 20.3. The average Bonchev–Trinajstić information content (AvgIpc) is 3.25. The second kappa shape index (κ2) is 8.00. The van der Waals surface area contributed by atoms with Crippen molar-refractivity contribution in [1.29, 1.82) is 0 Å². The highest BCUT2D eigenvalue weighted by molar-refractivity contribution is 5.95. The number of hydrogen-bond acceptors (Lipinski definition) is 5. The summed E-state index contributed by atoms with van der Waals surface area (Å²) >= 11 is 0. The second-order valence-corrected chi connectivity index (χ2v) is 6.39. The molecule has 0 unspecified atom stereocenters. The Morgan fingerprint density at radius 2 is 1.36 bits per heavy atom. The Balaban J connectivity index is 0.000000162. The number of carbonyl (C=O) groups is 2. The van der Waals surface area contributed by atoms with Crippen molar-refractivity contribution in [1.82, 2.24) is 0 Å². The van der Waals surface area contributed by atoms with Gasteiger partial charge in [0.05, 0.1) is 6.61 Å². The summed E-state index contributed by atoms with van der Waals surface area (Å²) < 4.78 is 15.4. The Morgan fingerprint density at radius 3 is 1.86 bits per heavy atom. The number of furan rings is 2. The lowest BCUT2D eigenvalue weighted by molar-refractivity contribution is 0.0492. The van der Waals surface area contributed by atoms with Crippen LogP contribution < -0.4 is 5.73 Å². The SMILES string of the molecule is CCOC(=O)c1cc2cc(C)ccc2o1.Cc1ccc2oc(C(N)=O)cc2c1. The van der Waals surface area contributed by atoms with E-state index in [1.54, 1.807) is 19.1 Å². The van der Waals surface area contributed by atoms with Crippen LogP contribution in [0.5, 0.6) is 0 Å². The molecule has 0 radical (unpaired) electrons. The maximum absolute atomic E-state index is 11.4. The fraction of sp³-hybridized carbons (Fsp3) is 0.182. The highest BCUT2D eigenvalue weighted by Crippen LogP contribution is 2.21. The Hall–Kier alpha value is -3.54. The van der Waals surface area contributed by atoms with Crippen LogP contribution in [0.3, 0.4) is 0 Å². The smallest absolute Gasteiger partial charge is 0.374 e. The molecular formula is C22H21NO5. The summed E-state index contributed by atoms with van der Waals surface area (Å²) in [4.78, 5) is 22.2. The van der Waals surface area contributed by atoms with Crippen LogP contribution in [-0.2, 0) is 4.74 Å². The topological polar surface area (TPSA) is 95.7 Å². The Bertz CT molecular complexity index is 1150. The molecule has 2 aromatic carbocycles. The van der Waals surface area contributed by atoms with Gasteiger partial charge in [-0.3, -0.25) is 4.79 Å². The van der Waals surface area contributed by atoms with Crippen LogP contribution in [0.15, 0.2) is 57.4 Å². The highest BCUT2D eigenvalue weighted by atomic mass is 16.5. The molecule has 0 spiro atoms. The molecule has 0 aliphatic carbocycles. The Kier molecular flexibility index (Phi) is 5.49. The standard InChI is InChI=1S/C12H12O3.C10H9NO2/c1-3-14-12(13)11-7-9-6-8(2)4-5-10(9)15-11;1-6-2-3-8-7(4-6)5-9(13-8)10(11)12/h4-7H,3H2,1-2H3;2-5H,1H3,(H2,11,12). The molecule has 1 amide bonds. The number of ether oxygens (including phenoxy) is 1. The van der Waals surface area contributed by atoms with Crippen molar-refractivity contribution in [3.05, 3.63) is 71.2 Å². The summed E-state index contributed by atoms with van der Waals surface area (Å²) in [6.45, 7) is 6.10. The number of esters is 1. The van der Waals surface area contributed by atoms with E-state index >= 15 is 0 Å². The molecule has 0 aliphatic rings. The molecule has 2 N–H and O–H groups in total. The molecule has 4 rings (SSSR count). The van der Waals surface area contributed by atoms with Crippen LogP contribution in [0.4, 0.5) is 0 Å². The third-order valence-corrected chi connectivity index (χ3v) is 4.06.